The predicted molar refractivity (Wildman–Crippen MR) is 101 cm³/mol. The second-order valence-electron chi connectivity index (χ2n) is 6.87. The molecule has 4 nitrogen and oxygen atoms in total. The number of pyridine rings is 1. The van der Waals surface area contributed by atoms with E-state index in [1.807, 2.05) is 31.2 Å². The number of aromatic nitrogens is 1. The van der Waals surface area contributed by atoms with Crippen LogP contribution in [0, 0.1) is 24.2 Å². The number of thioether (sulfide) groups is 1. The fraction of sp³-hybridized carbons (Fsp3) is 0.450. The Labute approximate surface area is 153 Å². The fourth-order valence-corrected chi connectivity index (χ4v) is 4.16. The molecular weight excluding hydrogens is 330 g/mol. The molecule has 1 amide bonds. The predicted octanol–water partition coefficient (Wildman–Crippen LogP) is 4.20. The summed E-state index contributed by atoms with van der Waals surface area (Å²) in [6.07, 6.45) is 4.69. The molecule has 1 aromatic carbocycles. The van der Waals surface area contributed by atoms with Crippen molar-refractivity contribution in [2.75, 3.05) is 5.75 Å². The first-order chi connectivity index (χ1) is 12.1. The first-order valence-corrected chi connectivity index (χ1v) is 9.79. The van der Waals surface area contributed by atoms with Crippen molar-refractivity contribution >= 4 is 28.6 Å². The lowest BCUT2D eigenvalue weighted by Crippen LogP contribution is -2.41. The lowest BCUT2D eigenvalue weighted by Gasteiger charge is -2.29. The maximum Gasteiger partial charge on any atom is 0.230 e. The van der Waals surface area contributed by atoms with E-state index in [-0.39, 0.29) is 11.9 Å². The molecule has 25 heavy (non-hydrogen) atoms. The monoisotopic (exact) mass is 353 g/mol. The summed E-state index contributed by atoms with van der Waals surface area (Å²) < 4.78 is 0. The minimum Gasteiger partial charge on any atom is -0.352 e. The molecule has 1 N–H and O–H groups in total. The van der Waals surface area contributed by atoms with Crippen LogP contribution in [-0.4, -0.2) is 22.7 Å². The number of nitrogens with zero attached hydrogens (tertiary/aromatic N) is 2. The summed E-state index contributed by atoms with van der Waals surface area (Å²) in [7, 11) is 0. The van der Waals surface area contributed by atoms with Crippen molar-refractivity contribution in [1.82, 2.24) is 10.3 Å². The lowest BCUT2D eigenvalue weighted by molar-refractivity contribution is -0.119. The van der Waals surface area contributed by atoms with Crippen LogP contribution in [0.1, 0.15) is 43.7 Å². The van der Waals surface area contributed by atoms with E-state index in [0.29, 0.717) is 22.3 Å². The quantitative estimate of drug-likeness (QED) is 0.837. The molecule has 2 unspecified atom stereocenters. The van der Waals surface area contributed by atoms with E-state index in [0.717, 1.165) is 22.9 Å². The van der Waals surface area contributed by atoms with Gasteiger partial charge in [-0.15, -0.1) is 0 Å². The average Bonchev–Trinajstić information content (AvgIpc) is 2.61. The Morgan fingerprint density at radius 1 is 1.36 bits per heavy atom. The van der Waals surface area contributed by atoms with Crippen molar-refractivity contribution < 1.29 is 4.79 Å². The zero-order valence-electron chi connectivity index (χ0n) is 14.7. The van der Waals surface area contributed by atoms with Gasteiger partial charge < -0.3 is 5.32 Å². The average molecular weight is 353 g/mol. The molecule has 1 heterocycles. The molecule has 130 valence electrons. The van der Waals surface area contributed by atoms with Crippen LogP contribution < -0.4 is 5.32 Å². The van der Waals surface area contributed by atoms with Crippen molar-refractivity contribution in [3.05, 3.63) is 35.4 Å². The second-order valence-corrected chi connectivity index (χ2v) is 7.84. The van der Waals surface area contributed by atoms with Gasteiger partial charge in [0, 0.05) is 11.4 Å². The summed E-state index contributed by atoms with van der Waals surface area (Å²) in [4.78, 5) is 16.9. The minimum absolute atomic E-state index is 0.0263. The van der Waals surface area contributed by atoms with Crippen molar-refractivity contribution in [3.8, 4) is 6.07 Å². The molecule has 0 bridgehead atoms. The number of carbonyl (C=O) groups is 1. The number of carbonyl (C=O) groups excluding carboxylic acids is 1. The number of fused-ring (bicyclic) bond motifs is 1. The Kier molecular flexibility index (Phi) is 5.60. The highest BCUT2D eigenvalue weighted by molar-refractivity contribution is 8.00. The number of hydrogen-bond acceptors (Lipinski definition) is 4. The third kappa shape index (κ3) is 4.32. The van der Waals surface area contributed by atoms with Gasteiger partial charge in [-0.25, -0.2) is 4.98 Å². The number of rotatable bonds is 4. The molecule has 1 fully saturated rings. The maximum absolute atomic E-state index is 12.3. The normalized spacial score (nSPS) is 20.2. The molecule has 0 spiro atoms. The Morgan fingerprint density at radius 3 is 2.92 bits per heavy atom. The van der Waals surface area contributed by atoms with Gasteiger partial charge in [0.2, 0.25) is 5.91 Å². The molecule has 1 aliphatic carbocycles. The lowest BCUT2D eigenvalue weighted by atomic mass is 9.86. The summed E-state index contributed by atoms with van der Waals surface area (Å²) in [6.45, 7) is 4.22. The van der Waals surface area contributed by atoms with Crippen molar-refractivity contribution in [2.24, 2.45) is 5.92 Å². The summed E-state index contributed by atoms with van der Waals surface area (Å²) in [5, 5.41) is 14.1. The smallest absolute Gasteiger partial charge is 0.230 e. The van der Waals surface area contributed by atoms with Gasteiger partial charge in [-0.3, -0.25) is 4.79 Å². The molecule has 0 radical (unpaired) electrons. The first kappa shape index (κ1) is 17.8. The molecule has 0 aliphatic heterocycles. The number of nitrogens with one attached hydrogen (secondary N) is 1. The Bertz CT molecular complexity index is 828. The van der Waals surface area contributed by atoms with Crippen LogP contribution in [0.25, 0.3) is 10.9 Å². The standard InChI is InChI=1S/C20H23N3OS/c1-13-7-8-18-15(9-13)10-16(11-21)20(23-18)25-12-19(24)22-17-6-4-3-5-14(17)2/h7-10,14,17H,3-6,12H2,1-2H3,(H,22,24). The summed E-state index contributed by atoms with van der Waals surface area (Å²) in [6, 6.07) is 10.3. The van der Waals surface area contributed by atoms with E-state index in [4.69, 9.17) is 0 Å². The highest BCUT2D eigenvalue weighted by atomic mass is 32.2. The molecule has 2 aromatic rings. The van der Waals surface area contributed by atoms with Crippen molar-refractivity contribution in [3.63, 3.8) is 0 Å². The van der Waals surface area contributed by atoms with Crippen LogP contribution in [0.2, 0.25) is 0 Å². The first-order valence-electron chi connectivity index (χ1n) is 8.80. The molecular formula is C20H23N3OS. The number of hydrogen-bond donors (Lipinski definition) is 1. The van der Waals surface area contributed by atoms with Gasteiger partial charge in [0.05, 0.1) is 16.8 Å². The summed E-state index contributed by atoms with van der Waals surface area (Å²) in [5.74, 6) is 0.861. The highest BCUT2D eigenvalue weighted by Gasteiger charge is 2.22. The van der Waals surface area contributed by atoms with Gasteiger partial charge >= 0.3 is 0 Å². The van der Waals surface area contributed by atoms with E-state index in [9.17, 15) is 10.1 Å². The largest absolute Gasteiger partial charge is 0.352 e. The number of amides is 1. The van der Waals surface area contributed by atoms with Crippen LogP contribution in [-0.2, 0) is 4.79 Å². The van der Waals surface area contributed by atoms with E-state index in [1.54, 1.807) is 0 Å². The third-order valence-corrected chi connectivity index (χ3v) is 5.84. The molecule has 1 saturated carbocycles. The van der Waals surface area contributed by atoms with Crippen LogP contribution >= 0.6 is 11.8 Å². The molecule has 0 saturated heterocycles. The third-order valence-electron chi connectivity index (χ3n) is 4.85. The Balaban J connectivity index is 1.69. The summed E-state index contributed by atoms with van der Waals surface area (Å²) in [5.41, 5.74) is 2.52. The minimum atomic E-state index is 0.0263. The Hall–Kier alpha value is -2.06. The van der Waals surface area contributed by atoms with Crippen LogP contribution in [0.15, 0.2) is 29.3 Å². The number of aryl methyl sites for hydroxylation is 1. The Morgan fingerprint density at radius 2 is 2.16 bits per heavy atom. The van der Waals surface area contributed by atoms with Crippen molar-refractivity contribution in [1.29, 1.82) is 5.26 Å². The van der Waals surface area contributed by atoms with Gasteiger partial charge in [0.25, 0.3) is 0 Å². The molecule has 1 aromatic heterocycles. The zero-order valence-corrected chi connectivity index (χ0v) is 15.5. The molecule has 2 atom stereocenters. The van der Waals surface area contributed by atoms with Crippen LogP contribution in [0.5, 0.6) is 0 Å². The molecule has 1 aliphatic rings. The van der Waals surface area contributed by atoms with E-state index < -0.39 is 0 Å². The van der Waals surface area contributed by atoms with Gasteiger partial charge in [-0.1, -0.05) is 43.2 Å². The number of nitriles is 1. The molecule has 3 rings (SSSR count). The van der Waals surface area contributed by atoms with Crippen molar-refractivity contribution in [2.45, 2.75) is 50.6 Å². The SMILES string of the molecule is Cc1ccc2nc(SCC(=O)NC3CCCCC3C)c(C#N)cc2c1. The number of benzene rings is 1. The van der Waals surface area contributed by atoms with Crippen LogP contribution in [0.4, 0.5) is 0 Å². The zero-order chi connectivity index (χ0) is 17.8. The summed E-state index contributed by atoms with van der Waals surface area (Å²) >= 11 is 1.34. The fourth-order valence-electron chi connectivity index (χ4n) is 3.38. The second kappa shape index (κ2) is 7.88. The van der Waals surface area contributed by atoms with Gasteiger partial charge in [0.1, 0.15) is 11.1 Å². The highest BCUT2D eigenvalue weighted by Crippen LogP contribution is 2.26. The van der Waals surface area contributed by atoms with E-state index >= 15 is 0 Å². The van der Waals surface area contributed by atoms with E-state index in [2.05, 4.69) is 23.3 Å². The topological polar surface area (TPSA) is 65.8 Å². The molecule has 5 heteroatoms. The van der Waals surface area contributed by atoms with E-state index in [1.165, 1.54) is 31.0 Å². The van der Waals surface area contributed by atoms with Gasteiger partial charge in [-0.05, 0) is 43.9 Å². The van der Waals surface area contributed by atoms with Crippen LogP contribution in [0.3, 0.4) is 0 Å². The van der Waals surface area contributed by atoms with Gasteiger partial charge in [0.15, 0.2) is 0 Å². The maximum atomic E-state index is 12.3. The van der Waals surface area contributed by atoms with Gasteiger partial charge in [-0.2, -0.15) is 5.26 Å².